The van der Waals surface area contributed by atoms with Crippen molar-refractivity contribution >= 4 is 23.5 Å². The molecule has 0 amide bonds. The van der Waals surface area contributed by atoms with E-state index in [1.54, 1.807) is 13.8 Å². The molecule has 0 unspecified atom stereocenters. The maximum atomic E-state index is 15.3. The van der Waals surface area contributed by atoms with Crippen molar-refractivity contribution in [2.24, 2.45) is 50.2 Å². The van der Waals surface area contributed by atoms with E-state index in [0.717, 1.165) is 36.8 Å². The number of aryl methyl sites for hydroxylation is 1. The molecule has 8 rings (SSSR count). The average molecular weight is 848 g/mol. The van der Waals surface area contributed by atoms with Crippen molar-refractivity contribution in [2.75, 3.05) is 0 Å². The van der Waals surface area contributed by atoms with Crippen LogP contribution in [0.5, 0.6) is 0 Å². The van der Waals surface area contributed by atoms with Gasteiger partial charge in [0, 0.05) is 12.0 Å². The summed E-state index contributed by atoms with van der Waals surface area (Å²) in [4.78, 5) is 69.1. The van der Waals surface area contributed by atoms with E-state index in [2.05, 4.69) is 39.9 Å². The molecule has 10 heteroatoms. The van der Waals surface area contributed by atoms with Gasteiger partial charge in [-0.25, -0.2) is 4.79 Å². The van der Waals surface area contributed by atoms with Crippen LogP contribution in [0.2, 0.25) is 0 Å². The SMILES string of the molecule is CC(=O)[C@H](C)N[C@H]1CC[C@@]2(C)[C@@H](CC[C@]3(C)[C@@H]2C(=O)C=C2[C@@H]4C[C@@](C)(C(=O)OC(c5ccccc5)c5ccccc5)CC[C@]4(C)CC[C@]23C)[C@]1(C)C(=O)OCc1oc(=O)oc1C. The second kappa shape index (κ2) is 15.6. The Labute approximate surface area is 366 Å². The van der Waals surface area contributed by atoms with Gasteiger partial charge in [-0.05, 0) is 143 Å². The molecule has 1 N–H and O–H groups in total. The molecule has 62 heavy (non-hydrogen) atoms. The second-order valence-corrected chi connectivity index (χ2v) is 21.2. The van der Waals surface area contributed by atoms with Gasteiger partial charge in [-0.15, -0.1) is 0 Å². The number of hydrogen-bond donors (Lipinski definition) is 1. The van der Waals surface area contributed by atoms with Gasteiger partial charge < -0.3 is 23.6 Å². The number of ketones is 2. The molecule has 332 valence electrons. The smallest absolute Gasteiger partial charge is 0.457 e. The van der Waals surface area contributed by atoms with Crippen molar-refractivity contribution in [1.29, 1.82) is 0 Å². The molecular formula is C52H65NO9. The van der Waals surface area contributed by atoms with E-state index in [1.807, 2.05) is 80.6 Å². The highest BCUT2D eigenvalue weighted by Crippen LogP contribution is 2.75. The predicted molar refractivity (Wildman–Crippen MR) is 233 cm³/mol. The van der Waals surface area contributed by atoms with Crippen molar-refractivity contribution in [3.8, 4) is 0 Å². The Kier molecular flexibility index (Phi) is 11.1. The lowest BCUT2D eigenvalue weighted by molar-refractivity contribution is -0.206. The van der Waals surface area contributed by atoms with Crippen LogP contribution in [0.25, 0.3) is 0 Å². The highest BCUT2D eigenvalue weighted by Gasteiger charge is 2.72. The summed E-state index contributed by atoms with van der Waals surface area (Å²) < 4.78 is 22.8. The first-order chi connectivity index (χ1) is 29.2. The summed E-state index contributed by atoms with van der Waals surface area (Å²) >= 11 is 0. The van der Waals surface area contributed by atoms with Gasteiger partial charge in [-0.2, -0.15) is 0 Å². The maximum absolute atomic E-state index is 15.3. The average Bonchev–Trinajstić information content (AvgIpc) is 3.57. The molecule has 0 bridgehead atoms. The number of ether oxygens (including phenoxy) is 2. The molecule has 5 aliphatic rings. The Morgan fingerprint density at radius 3 is 2.03 bits per heavy atom. The topological polar surface area (TPSA) is 142 Å². The number of rotatable bonds is 10. The molecule has 4 saturated carbocycles. The van der Waals surface area contributed by atoms with Gasteiger partial charge in [-0.1, -0.05) is 93.9 Å². The quantitative estimate of drug-likeness (QED) is 0.196. The number of hydrogen-bond acceptors (Lipinski definition) is 10. The van der Waals surface area contributed by atoms with E-state index >= 15 is 4.79 Å². The number of benzene rings is 2. The van der Waals surface area contributed by atoms with Crippen molar-refractivity contribution in [2.45, 2.75) is 145 Å². The summed E-state index contributed by atoms with van der Waals surface area (Å²) in [7, 11) is 0. The van der Waals surface area contributed by atoms with Gasteiger partial charge in [0.1, 0.15) is 5.78 Å². The highest BCUT2D eigenvalue weighted by atomic mass is 16.6. The summed E-state index contributed by atoms with van der Waals surface area (Å²) in [6.07, 6.45) is 8.23. The molecule has 10 nitrogen and oxygen atoms in total. The van der Waals surface area contributed by atoms with Crippen LogP contribution in [-0.2, 0) is 35.3 Å². The largest absolute Gasteiger partial charge is 0.519 e. The van der Waals surface area contributed by atoms with Crippen molar-refractivity contribution in [3.63, 3.8) is 0 Å². The zero-order valence-corrected chi connectivity index (χ0v) is 38.1. The first kappa shape index (κ1) is 44.1. The number of nitrogens with one attached hydrogen (secondary N) is 1. The van der Waals surface area contributed by atoms with Crippen LogP contribution >= 0.6 is 0 Å². The zero-order chi connectivity index (χ0) is 44.6. The number of esters is 2. The molecule has 1 aromatic heterocycles. The van der Waals surface area contributed by atoms with Crippen LogP contribution in [0.4, 0.5) is 0 Å². The highest BCUT2D eigenvalue weighted by molar-refractivity contribution is 5.96. The number of Topliss-reactive ketones (excluding diaryl/α,β-unsaturated/α-hetero) is 1. The number of carbonyl (C=O) groups excluding carboxylic acids is 4. The number of fused-ring (bicyclic) bond motifs is 7. The lowest BCUT2D eigenvalue weighted by Gasteiger charge is -2.70. The summed E-state index contributed by atoms with van der Waals surface area (Å²) in [5.41, 5.74) is -0.225. The minimum Gasteiger partial charge on any atom is -0.457 e. The van der Waals surface area contributed by atoms with Crippen LogP contribution in [0.15, 0.2) is 85.9 Å². The standard InChI is InChI=1S/C52H65NO9/c1-31(32(2)54)53-41-21-22-49(6)40(52(41,9)45(57)59-30-39-33(3)60-46(58)61-39)20-23-51(8)43(49)38(55)28-36-37-29-48(5,25-24-47(37,4)26-27-50(36,51)7)44(56)62-42(34-16-12-10-13-17-34)35-18-14-11-15-19-35/h10-19,28,31,37,40-43,53H,20-27,29-30H2,1-9H3/t31-,37-,40+,41-,43+,47+,48-,49-,50+,51+,52-/m0/s1. The molecule has 0 aliphatic heterocycles. The summed E-state index contributed by atoms with van der Waals surface area (Å²) in [5, 5.41) is 3.50. The maximum Gasteiger partial charge on any atom is 0.519 e. The molecular weight excluding hydrogens is 783 g/mol. The Balaban J connectivity index is 1.12. The molecule has 4 fully saturated rings. The van der Waals surface area contributed by atoms with Gasteiger partial charge >= 0.3 is 17.8 Å². The van der Waals surface area contributed by atoms with E-state index in [9.17, 15) is 19.2 Å². The van der Waals surface area contributed by atoms with Crippen molar-refractivity contribution in [3.05, 3.63) is 106 Å². The Bertz CT molecular complexity index is 2290. The fourth-order valence-electron chi connectivity index (χ4n) is 13.6. The Morgan fingerprint density at radius 1 is 0.806 bits per heavy atom. The fraction of sp³-hybridized carbons (Fsp3) is 0.596. The second-order valence-electron chi connectivity index (χ2n) is 21.2. The van der Waals surface area contributed by atoms with Gasteiger partial charge in [0.25, 0.3) is 0 Å². The molecule has 11 atom stereocenters. The molecule has 2 aromatic carbocycles. The van der Waals surface area contributed by atoms with E-state index < -0.39 is 51.6 Å². The van der Waals surface area contributed by atoms with Gasteiger partial charge in [-0.3, -0.25) is 19.2 Å². The predicted octanol–water partition coefficient (Wildman–Crippen LogP) is 9.81. The third-order valence-corrected chi connectivity index (χ3v) is 17.9. The Hall–Kier alpha value is -4.57. The summed E-state index contributed by atoms with van der Waals surface area (Å²) in [6.45, 7) is 18.0. The molecule has 0 saturated heterocycles. The van der Waals surface area contributed by atoms with Gasteiger partial charge in [0.2, 0.25) is 0 Å². The Morgan fingerprint density at radius 2 is 1.44 bits per heavy atom. The van der Waals surface area contributed by atoms with E-state index in [0.29, 0.717) is 32.1 Å². The molecule has 0 spiro atoms. The number of carbonyl (C=O) groups is 4. The minimum absolute atomic E-state index is 0.0198. The lowest BCUT2D eigenvalue weighted by Crippen LogP contribution is -2.70. The first-order valence-electron chi connectivity index (χ1n) is 22.8. The third kappa shape index (κ3) is 6.89. The van der Waals surface area contributed by atoms with Crippen LogP contribution < -0.4 is 11.1 Å². The third-order valence-electron chi connectivity index (χ3n) is 17.9. The molecule has 5 aliphatic carbocycles. The van der Waals surface area contributed by atoms with Crippen LogP contribution in [0, 0.1) is 57.2 Å². The normalized spacial score (nSPS) is 36.9. The van der Waals surface area contributed by atoms with E-state index in [4.69, 9.17) is 18.3 Å². The zero-order valence-electron chi connectivity index (χ0n) is 38.1. The summed E-state index contributed by atoms with van der Waals surface area (Å²) in [6, 6.07) is 19.0. The minimum atomic E-state index is -1.12. The van der Waals surface area contributed by atoms with Crippen molar-refractivity contribution in [1.82, 2.24) is 5.32 Å². The van der Waals surface area contributed by atoms with E-state index in [1.165, 1.54) is 5.57 Å². The van der Waals surface area contributed by atoms with Crippen LogP contribution in [0.1, 0.15) is 142 Å². The van der Waals surface area contributed by atoms with Crippen LogP contribution in [0.3, 0.4) is 0 Å². The van der Waals surface area contributed by atoms with Crippen LogP contribution in [-0.4, -0.2) is 35.6 Å². The number of allylic oxidation sites excluding steroid dienone is 2. The molecule has 1 heterocycles. The monoisotopic (exact) mass is 847 g/mol. The van der Waals surface area contributed by atoms with E-state index in [-0.39, 0.29) is 64.2 Å². The van der Waals surface area contributed by atoms with Gasteiger partial charge in [0.15, 0.2) is 30.0 Å². The molecule has 0 radical (unpaired) electrons. The lowest BCUT2D eigenvalue weighted by atomic mass is 9.33. The summed E-state index contributed by atoms with van der Waals surface area (Å²) in [5.74, 6) is -1.64. The first-order valence-corrected chi connectivity index (χ1v) is 22.8. The van der Waals surface area contributed by atoms with Crippen molar-refractivity contribution < 1.29 is 37.5 Å². The fourth-order valence-corrected chi connectivity index (χ4v) is 13.6. The molecule has 3 aromatic rings. The van der Waals surface area contributed by atoms with Gasteiger partial charge in [0.05, 0.1) is 16.9 Å².